The molecule has 3 rings (SSSR count). The van der Waals surface area contributed by atoms with Crippen molar-refractivity contribution in [2.24, 2.45) is 5.10 Å². The van der Waals surface area contributed by atoms with Crippen LogP contribution in [0.4, 0.5) is 5.69 Å². The second kappa shape index (κ2) is 7.68. The average molecular weight is 354 g/mol. The Balaban J connectivity index is 1.59. The van der Waals surface area contributed by atoms with Crippen LogP contribution in [0.3, 0.4) is 0 Å². The minimum Gasteiger partial charge on any atom is -0.507 e. The lowest BCUT2D eigenvalue weighted by molar-refractivity contribution is -0.119. The molecular weight excluding hydrogens is 338 g/mol. The number of phenols is 1. The summed E-state index contributed by atoms with van der Waals surface area (Å²) in [5.74, 6) is -0.262. The number of hydrazone groups is 1. The molecule has 126 valence electrons. The first-order chi connectivity index (χ1) is 12.1. The molecule has 3 aromatic rings. The number of carbonyl (C=O) groups is 1. The number of phenolic OH excluding ortho intramolecular Hbond substituents is 1. The first-order valence-electron chi connectivity index (χ1n) is 7.65. The van der Waals surface area contributed by atoms with E-state index in [1.807, 2.05) is 42.5 Å². The van der Waals surface area contributed by atoms with Gasteiger partial charge in [-0.2, -0.15) is 5.10 Å². The van der Waals surface area contributed by atoms with Gasteiger partial charge in [0.1, 0.15) is 5.75 Å². The van der Waals surface area contributed by atoms with Crippen LogP contribution in [0.5, 0.6) is 5.75 Å². The maximum atomic E-state index is 11.9. The summed E-state index contributed by atoms with van der Waals surface area (Å²) in [5.41, 5.74) is 3.72. The summed E-state index contributed by atoms with van der Waals surface area (Å²) in [7, 11) is 0. The van der Waals surface area contributed by atoms with Gasteiger partial charge in [-0.1, -0.05) is 48.0 Å². The van der Waals surface area contributed by atoms with Gasteiger partial charge in [-0.3, -0.25) is 4.79 Å². The van der Waals surface area contributed by atoms with Gasteiger partial charge in [-0.25, -0.2) is 5.43 Å². The predicted molar refractivity (Wildman–Crippen MR) is 101 cm³/mol. The molecule has 0 fully saturated rings. The number of hydrogen-bond acceptors (Lipinski definition) is 4. The van der Waals surface area contributed by atoms with Gasteiger partial charge in [0.05, 0.1) is 12.8 Å². The summed E-state index contributed by atoms with van der Waals surface area (Å²) in [6, 6.07) is 18.4. The van der Waals surface area contributed by atoms with Gasteiger partial charge in [-0.15, -0.1) is 0 Å². The molecule has 6 heteroatoms. The first kappa shape index (κ1) is 16.8. The van der Waals surface area contributed by atoms with Crippen molar-refractivity contribution in [1.82, 2.24) is 5.43 Å². The van der Waals surface area contributed by atoms with Crippen molar-refractivity contribution < 1.29 is 9.90 Å². The van der Waals surface area contributed by atoms with Crippen molar-refractivity contribution >= 4 is 40.2 Å². The van der Waals surface area contributed by atoms with E-state index < -0.39 is 0 Å². The van der Waals surface area contributed by atoms with E-state index in [0.717, 1.165) is 16.5 Å². The van der Waals surface area contributed by atoms with E-state index >= 15 is 0 Å². The zero-order valence-corrected chi connectivity index (χ0v) is 14.0. The summed E-state index contributed by atoms with van der Waals surface area (Å²) < 4.78 is 0. The topological polar surface area (TPSA) is 73.7 Å². The molecule has 0 saturated carbocycles. The molecule has 0 aliphatic rings. The highest BCUT2D eigenvalue weighted by Crippen LogP contribution is 2.22. The van der Waals surface area contributed by atoms with Crippen molar-refractivity contribution in [2.45, 2.75) is 0 Å². The number of carbonyl (C=O) groups excluding carboxylic acids is 1. The molecule has 0 radical (unpaired) electrons. The van der Waals surface area contributed by atoms with Crippen LogP contribution in [0.2, 0.25) is 5.02 Å². The SMILES string of the molecule is O=C(CNc1cccc2ccccc12)N/N=C\c1cc(Cl)ccc1O. The molecule has 5 nitrogen and oxygen atoms in total. The zero-order chi connectivity index (χ0) is 17.6. The lowest BCUT2D eigenvalue weighted by atomic mass is 10.1. The van der Waals surface area contributed by atoms with Crippen molar-refractivity contribution in [3.63, 3.8) is 0 Å². The van der Waals surface area contributed by atoms with E-state index in [9.17, 15) is 9.90 Å². The number of anilines is 1. The smallest absolute Gasteiger partial charge is 0.259 e. The Morgan fingerprint density at radius 1 is 1.12 bits per heavy atom. The number of nitrogens with one attached hydrogen (secondary N) is 2. The molecule has 0 aromatic heterocycles. The van der Waals surface area contributed by atoms with E-state index in [-0.39, 0.29) is 18.2 Å². The quantitative estimate of drug-likeness (QED) is 0.483. The van der Waals surface area contributed by atoms with Crippen LogP contribution in [0.1, 0.15) is 5.56 Å². The normalized spacial score (nSPS) is 10.9. The second-order valence-corrected chi connectivity index (χ2v) is 5.81. The molecule has 0 spiro atoms. The third-order valence-electron chi connectivity index (χ3n) is 3.61. The molecule has 0 bridgehead atoms. The van der Waals surface area contributed by atoms with Gasteiger partial charge in [0, 0.05) is 21.7 Å². The Labute approximate surface area is 149 Å². The number of hydrogen-bond donors (Lipinski definition) is 3. The van der Waals surface area contributed by atoms with Crippen LogP contribution in [0, 0.1) is 0 Å². The summed E-state index contributed by atoms with van der Waals surface area (Å²) in [6.45, 7) is 0.0763. The fourth-order valence-electron chi connectivity index (χ4n) is 2.40. The maximum absolute atomic E-state index is 11.9. The average Bonchev–Trinajstić information content (AvgIpc) is 2.63. The Morgan fingerprint density at radius 2 is 1.92 bits per heavy atom. The van der Waals surface area contributed by atoms with Crippen molar-refractivity contribution in [1.29, 1.82) is 0 Å². The van der Waals surface area contributed by atoms with Crippen LogP contribution >= 0.6 is 11.6 Å². The number of benzene rings is 3. The lowest BCUT2D eigenvalue weighted by Gasteiger charge is -2.08. The summed E-state index contributed by atoms with van der Waals surface area (Å²) in [5, 5.41) is 19.2. The molecule has 3 N–H and O–H groups in total. The molecule has 0 saturated heterocycles. The number of nitrogens with zero attached hydrogens (tertiary/aromatic N) is 1. The van der Waals surface area contributed by atoms with Gasteiger partial charge in [0.2, 0.25) is 0 Å². The predicted octanol–water partition coefficient (Wildman–Crippen LogP) is 3.76. The highest BCUT2D eigenvalue weighted by molar-refractivity contribution is 6.30. The molecule has 0 heterocycles. The van der Waals surface area contributed by atoms with Crippen molar-refractivity contribution in [2.75, 3.05) is 11.9 Å². The van der Waals surface area contributed by atoms with Crippen LogP contribution in [0.25, 0.3) is 10.8 Å². The summed E-state index contributed by atoms with van der Waals surface area (Å²) in [4.78, 5) is 11.9. The number of amides is 1. The molecule has 0 aliphatic carbocycles. The van der Waals surface area contributed by atoms with Crippen LogP contribution in [-0.2, 0) is 4.79 Å². The molecular formula is C19H16ClN3O2. The van der Waals surface area contributed by atoms with Crippen LogP contribution < -0.4 is 10.7 Å². The van der Waals surface area contributed by atoms with Gasteiger partial charge >= 0.3 is 0 Å². The standard InChI is InChI=1S/C19H16ClN3O2/c20-15-8-9-18(24)14(10-15)11-22-23-19(25)12-21-17-7-3-5-13-4-1-2-6-16(13)17/h1-11,21,24H,12H2,(H,23,25)/b22-11-. The third-order valence-corrected chi connectivity index (χ3v) is 3.85. The number of aromatic hydroxyl groups is 1. The van der Waals surface area contributed by atoms with E-state index in [4.69, 9.17) is 11.6 Å². The zero-order valence-electron chi connectivity index (χ0n) is 13.2. The highest BCUT2D eigenvalue weighted by atomic mass is 35.5. The second-order valence-electron chi connectivity index (χ2n) is 5.38. The summed E-state index contributed by atoms with van der Waals surface area (Å²) in [6.07, 6.45) is 1.34. The lowest BCUT2D eigenvalue weighted by Crippen LogP contribution is -2.25. The van der Waals surface area contributed by atoms with E-state index in [1.165, 1.54) is 12.3 Å². The largest absolute Gasteiger partial charge is 0.507 e. The maximum Gasteiger partial charge on any atom is 0.259 e. The minimum atomic E-state index is -0.300. The van der Waals surface area contributed by atoms with Gasteiger partial charge in [0.25, 0.3) is 5.91 Å². The Kier molecular flexibility index (Phi) is 5.16. The molecule has 25 heavy (non-hydrogen) atoms. The van der Waals surface area contributed by atoms with E-state index in [2.05, 4.69) is 15.8 Å². The fraction of sp³-hybridized carbons (Fsp3) is 0.0526. The monoisotopic (exact) mass is 353 g/mol. The van der Waals surface area contributed by atoms with Gasteiger partial charge < -0.3 is 10.4 Å². The number of rotatable bonds is 5. The van der Waals surface area contributed by atoms with Crippen molar-refractivity contribution in [3.8, 4) is 5.75 Å². The van der Waals surface area contributed by atoms with Gasteiger partial charge in [0.15, 0.2) is 0 Å². The third kappa shape index (κ3) is 4.28. The Bertz CT molecular complexity index is 936. The molecule has 1 amide bonds. The Morgan fingerprint density at radius 3 is 2.80 bits per heavy atom. The van der Waals surface area contributed by atoms with Crippen LogP contribution in [0.15, 0.2) is 65.8 Å². The fourth-order valence-corrected chi connectivity index (χ4v) is 2.58. The number of fused-ring (bicyclic) bond motifs is 1. The van der Waals surface area contributed by atoms with Crippen molar-refractivity contribution in [3.05, 3.63) is 71.2 Å². The van der Waals surface area contributed by atoms with Crippen LogP contribution in [-0.4, -0.2) is 23.8 Å². The minimum absolute atomic E-state index is 0.0382. The Hall–Kier alpha value is -3.05. The number of halogens is 1. The first-order valence-corrected chi connectivity index (χ1v) is 8.03. The molecule has 0 unspecified atom stereocenters. The van der Waals surface area contributed by atoms with Gasteiger partial charge in [-0.05, 0) is 29.7 Å². The summed E-state index contributed by atoms with van der Waals surface area (Å²) >= 11 is 5.85. The molecule has 0 aliphatic heterocycles. The molecule has 0 atom stereocenters. The van der Waals surface area contributed by atoms with E-state index in [1.54, 1.807) is 12.1 Å². The van der Waals surface area contributed by atoms with E-state index in [0.29, 0.717) is 10.6 Å². The molecule has 3 aromatic carbocycles. The highest BCUT2D eigenvalue weighted by Gasteiger charge is 2.03.